The molecule has 0 fully saturated rings. The highest BCUT2D eigenvalue weighted by molar-refractivity contribution is 6.08. The first-order chi connectivity index (χ1) is 10.5. The number of carbonyl (C=O) groups excluding carboxylic acids is 1. The van der Waals surface area contributed by atoms with Gasteiger partial charge in [0.05, 0.1) is 7.11 Å². The molecule has 0 aliphatic carbocycles. The van der Waals surface area contributed by atoms with Gasteiger partial charge in [0.25, 0.3) is 0 Å². The first kappa shape index (κ1) is 15.4. The molecule has 6 nitrogen and oxygen atoms in total. The van der Waals surface area contributed by atoms with Gasteiger partial charge < -0.3 is 19.9 Å². The Morgan fingerprint density at radius 1 is 1.18 bits per heavy atom. The summed E-state index contributed by atoms with van der Waals surface area (Å²) in [6, 6.07) is 7.40. The van der Waals surface area contributed by atoms with Crippen LogP contribution in [-0.2, 0) is 11.2 Å². The van der Waals surface area contributed by atoms with E-state index < -0.39 is 17.5 Å². The van der Waals surface area contributed by atoms with Crippen molar-refractivity contribution >= 4 is 11.8 Å². The van der Waals surface area contributed by atoms with Crippen LogP contribution < -0.4 is 4.74 Å². The number of aromatic amines is 1. The molecular weight excluding hydrogens is 286 g/mol. The number of methoxy groups -OCH3 is 1. The molecule has 0 saturated carbocycles. The molecule has 0 bridgehead atoms. The minimum atomic E-state index is -1.54. The number of H-pyrrole nitrogens is 1. The third-order valence-corrected chi connectivity index (χ3v) is 3.14. The first-order valence-electron chi connectivity index (χ1n) is 6.48. The van der Waals surface area contributed by atoms with Gasteiger partial charge in [-0.1, -0.05) is 12.1 Å². The van der Waals surface area contributed by atoms with Crippen LogP contribution in [0.25, 0.3) is 0 Å². The standard InChI is InChI=1S/C16H15NO5/c1-22-12-4-2-10(3-5-12)6-11-8-17-9-13(11)14(18)7-15(19)16(20)21/h2-5,7-9,17,19H,6H2,1H3,(H,20,21). The molecule has 0 radical (unpaired) electrons. The number of aromatic nitrogens is 1. The number of rotatable bonds is 6. The third-order valence-electron chi connectivity index (χ3n) is 3.14. The number of hydrogen-bond donors (Lipinski definition) is 3. The Balaban J connectivity index is 2.20. The first-order valence-corrected chi connectivity index (χ1v) is 6.48. The summed E-state index contributed by atoms with van der Waals surface area (Å²) >= 11 is 0. The van der Waals surface area contributed by atoms with Crippen molar-refractivity contribution in [1.29, 1.82) is 0 Å². The summed E-state index contributed by atoms with van der Waals surface area (Å²) in [6.45, 7) is 0. The topological polar surface area (TPSA) is 99.6 Å². The molecule has 1 heterocycles. The second kappa shape index (κ2) is 6.62. The molecule has 0 amide bonds. The smallest absolute Gasteiger partial charge is 0.371 e. The molecule has 0 aliphatic heterocycles. The third kappa shape index (κ3) is 3.54. The van der Waals surface area contributed by atoms with E-state index in [4.69, 9.17) is 14.9 Å². The van der Waals surface area contributed by atoms with Gasteiger partial charge >= 0.3 is 5.97 Å². The van der Waals surface area contributed by atoms with Crippen LogP contribution in [0.4, 0.5) is 0 Å². The number of ether oxygens (including phenoxy) is 1. The van der Waals surface area contributed by atoms with E-state index in [1.807, 2.05) is 24.3 Å². The van der Waals surface area contributed by atoms with Crippen molar-refractivity contribution in [3.63, 3.8) is 0 Å². The van der Waals surface area contributed by atoms with Crippen LogP contribution in [-0.4, -0.2) is 34.1 Å². The van der Waals surface area contributed by atoms with E-state index in [1.165, 1.54) is 6.20 Å². The average molecular weight is 301 g/mol. The number of hydrogen-bond acceptors (Lipinski definition) is 4. The predicted molar refractivity (Wildman–Crippen MR) is 79.3 cm³/mol. The lowest BCUT2D eigenvalue weighted by molar-refractivity contribution is -0.135. The summed E-state index contributed by atoms with van der Waals surface area (Å²) in [5.74, 6) is -2.35. The predicted octanol–water partition coefficient (Wildman–Crippen LogP) is 2.32. The maximum Gasteiger partial charge on any atom is 0.371 e. The Morgan fingerprint density at radius 2 is 1.86 bits per heavy atom. The van der Waals surface area contributed by atoms with E-state index in [0.29, 0.717) is 23.6 Å². The largest absolute Gasteiger partial charge is 0.502 e. The molecule has 0 atom stereocenters. The highest BCUT2D eigenvalue weighted by Gasteiger charge is 2.14. The van der Waals surface area contributed by atoms with Crippen LogP contribution >= 0.6 is 0 Å². The Kier molecular flexibility index (Phi) is 4.63. The van der Waals surface area contributed by atoms with Gasteiger partial charge in [0.2, 0.25) is 5.76 Å². The second-order valence-electron chi connectivity index (χ2n) is 4.62. The van der Waals surface area contributed by atoms with E-state index in [0.717, 1.165) is 11.3 Å². The van der Waals surface area contributed by atoms with Crippen molar-refractivity contribution in [1.82, 2.24) is 4.98 Å². The lowest BCUT2D eigenvalue weighted by atomic mass is 10.0. The summed E-state index contributed by atoms with van der Waals surface area (Å²) in [4.78, 5) is 25.4. The summed E-state index contributed by atoms with van der Waals surface area (Å²) in [7, 11) is 1.58. The molecule has 3 N–H and O–H groups in total. The van der Waals surface area contributed by atoms with Gasteiger partial charge in [-0.25, -0.2) is 4.79 Å². The Morgan fingerprint density at radius 3 is 2.45 bits per heavy atom. The van der Waals surface area contributed by atoms with Gasteiger partial charge in [-0.15, -0.1) is 0 Å². The lowest BCUT2D eigenvalue weighted by Gasteiger charge is -2.04. The van der Waals surface area contributed by atoms with Gasteiger partial charge in [0.15, 0.2) is 5.78 Å². The fourth-order valence-corrected chi connectivity index (χ4v) is 2.00. The maximum absolute atomic E-state index is 12.0. The van der Waals surface area contributed by atoms with Crippen molar-refractivity contribution in [3.05, 3.63) is 65.2 Å². The van der Waals surface area contributed by atoms with Gasteiger partial charge in [0, 0.05) is 24.0 Å². The van der Waals surface area contributed by atoms with Crippen LogP contribution in [0.3, 0.4) is 0 Å². The van der Waals surface area contributed by atoms with Gasteiger partial charge in [-0.3, -0.25) is 4.79 Å². The molecule has 0 spiro atoms. The zero-order chi connectivity index (χ0) is 16.1. The molecule has 0 unspecified atom stereocenters. The number of carboxylic acids is 1. The Hall–Kier alpha value is -3.02. The van der Waals surface area contributed by atoms with E-state index in [-0.39, 0.29) is 0 Å². The zero-order valence-corrected chi connectivity index (χ0v) is 11.9. The number of ketones is 1. The van der Waals surface area contributed by atoms with Crippen molar-refractivity contribution in [3.8, 4) is 5.75 Å². The van der Waals surface area contributed by atoms with Gasteiger partial charge in [0.1, 0.15) is 5.75 Å². The van der Waals surface area contributed by atoms with Crippen LogP contribution in [0.5, 0.6) is 5.75 Å². The van der Waals surface area contributed by atoms with Crippen molar-refractivity contribution < 1.29 is 24.5 Å². The van der Waals surface area contributed by atoms with Crippen molar-refractivity contribution in [2.45, 2.75) is 6.42 Å². The maximum atomic E-state index is 12.0. The SMILES string of the molecule is COc1ccc(Cc2c[nH]cc2C(=O)C=C(O)C(=O)O)cc1. The van der Waals surface area contributed by atoms with Crippen LogP contribution in [0.2, 0.25) is 0 Å². The molecule has 1 aromatic heterocycles. The molecule has 114 valence electrons. The molecule has 0 saturated heterocycles. The number of benzene rings is 1. The highest BCUT2D eigenvalue weighted by atomic mass is 16.5. The van der Waals surface area contributed by atoms with E-state index >= 15 is 0 Å². The Bertz CT molecular complexity index is 712. The molecule has 1 aromatic carbocycles. The van der Waals surface area contributed by atoms with E-state index in [9.17, 15) is 9.59 Å². The summed E-state index contributed by atoms with van der Waals surface area (Å²) in [6.07, 6.45) is 4.34. The van der Waals surface area contributed by atoms with Crippen LogP contribution in [0.1, 0.15) is 21.5 Å². The molecule has 0 aliphatic rings. The molecule has 2 rings (SSSR count). The van der Waals surface area contributed by atoms with Crippen molar-refractivity contribution in [2.24, 2.45) is 0 Å². The average Bonchev–Trinajstić information content (AvgIpc) is 2.96. The summed E-state index contributed by atoms with van der Waals surface area (Å²) in [5.41, 5.74) is 2.01. The fraction of sp³-hybridized carbons (Fsp3) is 0.125. The molecule has 2 aromatic rings. The fourth-order valence-electron chi connectivity index (χ4n) is 2.00. The molecular formula is C16H15NO5. The number of aliphatic hydroxyl groups is 1. The second-order valence-corrected chi connectivity index (χ2v) is 4.62. The lowest BCUT2D eigenvalue weighted by Crippen LogP contribution is -2.05. The monoisotopic (exact) mass is 301 g/mol. The van der Waals surface area contributed by atoms with Crippen LogP contribution in [0, 0.1) is 0 Å². The number of aliphatic carboxylic acids is 1. The molecule has 6 heteroatoms. The minimum absolute atomic E-state index is 0.323. The van der Waals surface area contributed by atoms with E-state index in [1.54, 1.807) is 13.3 Å². The quantitative estimate of drug-likeness (QED) is 0.432. The zero-order valence-electron chi connectivity index (χ0n) is 11.9. The van der Waals surface area contributed by atoms with Crippen molar-refractivity contribution in [2.75, 3.05) is 7.11 Å². The number of carbonyl (C=O) groups is 2. The molecule has 22 heavy (non-hydrogen) atoms. The Labute approximate surface area is 126 Å². The number of carboxylic acid groups (broad SMARTS) is 1. The number of aliphatic hydroxyl groups excluding tert-OH is 1. The van der Waals surface area contributed by atoms with E-state index in [2.05, 4.69) is 4.98 Å². The number of allylic oxidation sites excluding steroid dienone is 1. The van der Waals surface area contributed by atoms with Crippen LogP contribution in [0.15, 0.2) is 48.5 Å². The normalized spacial score (nSPS) is 11.2. The number of nitrogens with one attached hydrogen (secondary N) is 1. The summed E-state index contributed by atoms with van der Waals surface area (Å²) < 4.78 is 5.08. The summed E-state index contributed by atoms with van der Waals surface area (Å²) in [5, 5.41) is 17.7. The van der Waals surface area contributed by atoms with Gasteiger partial charge in [-0.05, 0) is 29.7 Å². The van der Waals surface area contributed by atoms with Gasteiger partial charge in [-0.2, -0.15) is 0 Å². The minimum Gasteiger partial charge on any atom is -0.502 e. The highest BCUT2D eigenvalue weighted by Crippen LogP contribution is 2.18.